The van der Waals surface area contributed by atoms with Crippen molar-refractivity contribution in [2.24, 2.45) is 5.41 Å². The second kappa shape index (κ2) is 7.64. The number of nitrogens with zero attached hydrogens (tertiary/aromatic N) is 3. The van der Waals surface area contributed by atoms with Crippen LogP contribution in [-0.2, 0) is 6.54 Å². The fourth-order valence-corrected chi connectivity index (χ4v) is 4.10. The van der Waals surface area contributed by atoms with Gasteiger partial charge in [0, 0.05) is 48.5 Å². The summed E-state index contributed by atoms with van der Waals surface area (Å²) in [6.45, 7) is 9.34. The predicted molar refractivity (Wildman–Crippen MR) is 115 cm³/mol. The van der Waals surface area contributed by atoms with Crippen LogP contribution >= 0.6 is 11.8 Å². The smallest absolute Gasteiger partial charge is 0.231 e. The number of nitrogens with two attached hydrogens (primary N) is 2. The summed E-state index contributed by atoms with van der Waals surface area (Å²) in [7, 11) is 0. The molecule has 0 aliphatic carbocycles. The number of anilines is 2. The first-order valence-corrected chi connectivity index (χ1v) is 10.3. The summed E-state index contributed by atoms with van der Waals surface area (Å²) in [6, 6.07) is 5.62. The average Bonchev–Trinajstić information content (AvgIpc) is 3.23. The SMILES string of the molecule is CC(C)(C)CNCCn1c(Sc2cc3c(cc2N)OCO3)nc2c(N)nccc21. The third kappa shape index (κ3) is 4.20. The van der Waals surface area contributed by atoms with Crippen LogP contribution in [0.15, 0.2) is 34.4 Å². The summed E-state index contributed by atoms with van der Waals surface area (Å²) in [5, 5.41) is 4.32. The maximum absolute atomic E-state index is 6.24. The number of ether oxygens (including phenoxy) is 2. The number of nitrogens with one attached hydrogen (secondary N) is 1. The van der Waals surface area contributed by atoms with Gasteiger partial charge in [0.15, 0.2) is 22.5 Å². The molecule has 3 heterocycles. The Balaban J connectivity index is 1.64. The Kier molecular flexibility index (Phi) is 5.18. The second-order valence-electron chi connectivity index (χ2n) is 8.19. The Hall–Kier alpha value is -2.65. The van der Waals surface area contributed by atoms with E-state index < -0.39 is 0 Å². The van der Waals surface area contributed by atoms with Gasteiger partial charge >= 0.3 is 0 Å². The van der Waals surface area contributed by atoms with Gasteiger partial charge in [-0.1, -0.05) is 20.8 Å². The Morgan fingerprint density at radius 2 is 1.97 bits per heavy atom. The van der Waals surface area contributed by atoms with E-state index in [-0.39, 0.29) is 12.2 Å². The number of benzene rings is 1. The van der Waals surface area contributed by atoms with Crippen LogP contribution in [0.25, 0.3) is 11.0 Å². The molecule has 3 aromatic rings. The first-order chi connectivity index (χ1) is 13.8. The first kappa shape index (κ1) is 19.7. The maximum Gasteiger partial charge on any atom is 0.231 e. The van der Waals surface area contributed by atoms with E-state index in [9.17, 15) is 0 Å². The Morgan fingerprint density at radius 1 is 1.21 bits per heavy atom. The standard InChI is InChI=1S/C20H26N6O2S/c1-20(2,3)10-23-6-7-26-13-4-5-24-18(22)17(13)25-19(26)29-16-9-15-14(8-12(16)21)27-11-28-15/h4-5,8-9,23H,6-7,10-11,21H2,1-3H3,(H2,22,24). The van der Waals surface area contributed by atoms with Crippen LogP contribution in [0, 0.1) is 5.41 Å². The van der Waals surface area contributed by atoms with Crippen LogP contribution in [0.2, 0.25) is 0 Å². The van der Waals surface area contributed by atoms with Gasteiger partial charge in [-0.25, -0.2) is 9.97 Å². The Bertz CT molecular complexity index is 1040. The lowest BCUT2D eigenvalue weighted by atomic mass is 9.97. The molecule has 1 aliphatic rings. The van der Waals surface area contributed by atoms with E-state index in [1.165, 1.54) is 11.8 Å². The second-order valence-corrected chi connectivity index (χ2v) is 9.20. The summed E-state index contributed by atoms with van der Waals surface area (Å²) in [5.74, 6) is 1.78. The van der Waals surface area contributed by atoms with E-state index in [0.717, 1.165) is 35.2 Å². The molecule has 4 rings (SSSR count). The van der Waals surface area contributed by atoms with Crippen LogP contribution in [0.5, 0.6) is 11.5 Å². The highest BCUT2D eigenvalue weighted by atomic mass is 32.2. The first-order valence-electron chi connectivity index (χ1n) is 9.50. The molecule has 2 aromatic heterocycles. The van der Waals surface area contributed by atoms with Crippen LogP contribution in [0.1, 0.15) is 20.8 Å². The van der Waals surface area contributed by atoms with Crippen molar-refractivity contribution in [3.63, 3.8) is 0 Å². The van der Waals surface area contributed by atoms with Crippen molar-refractivity contribution in [3.05, 3.63) is 24.4 Å². The topological polar surface area (TPSA) is 113 Å². The predicted octanol–water partition coefficient (Wildman–Crippen LogP) is 3.11. The van der Waals surface area contributed by atoms with Crippen molar-refractivity contribution in [1.82, 2.24) is 19.9 Å². The molecule has 0 bridgehead atoms. The van der Waals surface area contributed by atoms with Gasteiger partial charge in [0.2, 0.25) is 6.79 Å². The number of pyridine rings is 1. The van der Waals surface area contributed by atoms with Crippen molar-refractivity contribution in [2.45, 2.75) is 37.4 Å². The molecule has 0 radical (unpaired) electrons. The number of nitrogen functional groups attached to an aromatic ring is 2. The normalized spacial score (nSPS) is 13.3. The molecule has 5 N–H and O–H groups in total. The van der Waals surface area contributed by atoms with Gasteiger partial charge in [-0.05, 0) is 23.2 Å². The summed E-state index contributed by atoms with van der Waals surface area (Å²) < 4.78 is 13.0. The molecule has 0 spiro atoms. The third-order valence-electron chi connectivity index (χ3n) is 4.53. The highest BCUT2D eigenvalue weighted by Gasteiger charge is 2.20. The summed E-state index contributed by atoms with van der Waals surface area (Å²) in [6.07, 6.45) is 1.71. The summed E-state index contributed by atoms with van der Waals surface area (Å²) in [4.78, 5) is 9.79. The Morgan fingerprint density at radius 3 is 2.72 bits per heavy atom. The molecule has 29 heavy (non-hydrogen) atoms. The molecule has 1 aliphatic heterocycles. The summed E-state index contributed by atoms with van der Waals surface area (Å²) in [5.41, 5.74) is 14.8. The molecule has 0 unspecified atom stereocenters. The zero-order chi connectivity index (χ0) is 20.6. The molecule has 9 heteroatoms. The minimum Gasteiger partial charge on any atom is -0.454 e. The van der Waals surface area contributed by atoms with Crippen molar-refractivity contribution >= 4 is 34.3 Å². The molecule has 0 saturated heterocycles. The highest BCUT2D eigenvalue weighted by molar-refractivity contribution is 7.99. The minimum absolute atomic E-state index is 0.211. The maximum atomic E-state index is 6.24. The lowest BCUT2D eigenvalue weighted by Crippen LogP contribution is -2.29. The van der Waals surface area contributed by atoms with Gasteiger partial charge in [-0.2, -0.15) is 0 Å². The van der Waals surface area contributed by atoms with Crippen molar-refractivity contribution in [3.8, 4) is 11.5 Å². The molecule has 8 nitrogen and oxygen atoms in total. The summed E-state index contributed by atoms with van der Waals surface area (Å²) >= 11 is 1.49. The Labute approximate surface area is 174 Å². The lowest BCUT2D eigenvalue weighted by molar-refractivity contribution is 0.174. The van der Waals surface area contributed by atoms with Crippen molar-refractivity contribution in [2.75, 3.05) is 31.3 Å². The minimum atomic E-state index is 0.211. The van der Waals surface area contributed by atoms with E-state index in [1.54, 1.807) is 12.3 Å². The number of hydrogen-bond donors (Lipinski definition) is 3. The molecular weight excluding hydrogens is 388 g/mol. The van der Waals surface area contributed by atoms with E-state index in [2.05, 4.69) is 35.6 Å². The molecule has 154 valence electrons. The zero-order valence-corrected chi connectivity index (χ0v) is 17.7. The number of imidazole rings is 1. The molecular formula is C20H26N6O2S. The van der Waals surface area contributed by atoms with Crippen molar-refractivity contribution < 1.29 is 9.47 Å². The third-order valence-corrected chi connectivity index (χ3v) is 5.60. The number of rotatable bonds is 6. The fourth-order valence-electron chi connectivity index (χ4n) is 3.12. The molecule has 0 atom stereocenters. The van der Waals surface area contributed by atoms with Gasteiger partial charge in [-0.15, -0.1) is 0 Å². The van der Waals surface area contributed by atoms with Gasteiger partial charge in [0.25, 0.3) is 0 Å². The molecule has 0 fully saturated rings. The van der Waals surface area contributed by atoms with E-state index in [4.69, 9.17) is 25.9 Å². The largest absolute Gasteiger partial charge is 0.454 e. The van der Waals surface area contributed by atoms with Crippen LogP contribution < -0.4 is 26.3 Å². The van der Waals surface area contributed by atoms with E-state index >= 15 is 0 Å². The zero-order valence-electron chi connectivity index (χ0n) is 16.9. The monoisotopic (exact) mass is 414 g/mol. The molecule has 1 aromatic carbocycles. The van der Waals surface area contributed by atoms with Gasteiger partial charge < -0.3 is 30.8 Å². The van der Waals surface area contributed by atoms with Crippen LogP contribution in [0.4, 0.5) is 11.5 Å². The van der Waals surface area contributed by atoms with Crippen LogP contribution in [0.3, 0.4) is 0 Å². The average molecular weight is 415 g/mol. The molecule has 0 saturated carbocycles. The van der Waals surface area contributed by atoms with E-state index in [0.29, 0.717) is 28.5 Å². The van der Waals surface area contributed by atoms with Crippen LogP contribution in [-0.4, -0.2) is 34.4 Å². The van der Waals surface area contributed by atoms with Gasteiger partial charge in [-0.3, -0.25) is 0 Å². The van der Waals surface area contributed by atoms with E-state index in [1.807, 2.05) is 12.1 Å². The lowest BCUT2D eigenvalue weighted by Gasteiger charge is -2.19. The number of fused-ring (bicyclic) bond motifs is 2. The highest BCUT2D eigenvalue weighted by Crippen LogP contribution is 2.42. The number of aromatic nitrogens is 3. The molecule has 0 amide bonds. The van der Waals surface area contributed by atoms with Gasteiger partial charge in [0.05, 0.1) is 5.52 Å². The van der Waals surface area contributed by atoms with Gasteiger partial charge in [0.1, 0.15) is 5.52 Å². The quantitative estimate of drug-likeness (QED) is 0.416. The van der Waals surface area contributed by atoms with Crippen molar-refractivity contribution in [1.29, 1.82) is 0 Å². The number of hydrogen-bond acceptors (Lipinski definition) is 8. The fraction of sp³-hybridized carbons (Fsp3) is 0.400.